The van der Waals surface area contributed by atoms with Gasteiger partial charge in [-0.15, -0.1) is 10.2 Å². The van der Waals surface area contributed by atoms with Crippen molar-refractivity contribution in [2.45, 2.75) is 39.7 Å². The smallest absolute Gasteiger partial charge is 0.251 e. The van der Waals surface area contributed by atoms with Crippen LogP contribution in [0.3, 0.4) is 0 Å². The van der Waals surface area contributed by atoms with Gasteiger partial charge in [-0.2, -0.15) is 0 Å². The second-order valence-electron chi connectivity index (χ2n) is 5.49. The normalized spacial score (nSPS) is 10.9. The molecule has 0 aliphatic carbocycles. The van der Waals surface area contributed by atoms with Gasteiger partial charge in [0.1, 0.15) is 17.9 Å². The molecule has 0 fully saturated rings. The molecule has 0 bridgehead atoms. The van der Waals surface area contributed by atoms with Gasteiger partial charge in [0.25, 0.3) is 5.91 Å². The number of nitrogens with one attached hydrogen (secondary N) is 1. The second kappa shape index (κ2) is 7.06. The fraction of sp³-hybridized carbons (Fsp3) is 0.438. The lowest BCUT2D eigenvalue weighted by Crippen LogP contribution is -2.27. The van der Waals surface area contributed by atoms with Gasteiger partial charge < -0.3 is 15.0 Å². The number of aromatic nitrogens is 3. The summed E-state index contributed by atoms with van der Waals surface area (Å²) in [5.74, 6) is 1.29. The molecule has 6 heteroatoms. The number of aryl methyl sites for hydroxylation is 1. The number of rotatable bonds is 6. The van der Waals surface area contributed by atoms with E-state index < -0.39 is 0 Å². The minimum Gasteiger partial charge on any atom is -0.508 e. The first-order valence-corrected chi connectivity index (χ1v) is 7.50. The zero-order chi connectivity index (χ0) is 16.1. The molecule has 1 aromatic carbocycles. The summed E-state index contributed by atoms with van der Waals surface area (Å²) in [6.45, 7) is 7.18. The summed E-state index contributed by atoms with van der Waals surface area (Å²) in [6.07, 6.45) is 2.36. The average Bonchev–Trinajstić information content (AvgIpc) is 2.96. The summed E-state index contributed by atoms with van der Waals surface area (Å²) < 4.78 is 1.94. The van der Waals surface area contributed by atoms with Crippen molar-refractivity contribution in [2.75, 3.05) is 6.54 Å². The maximum absolute atomic E-state index is 12.1. The second-order valence-corrected chi connectivity index (χ2v) is 5.49. The highest BCUT2D eigenvalue weighted by atomic mass is 16.3. The molecule has 0 saturated carbocycles. The standard InChI is InChI=1S/C16H22N4O2/c1-4-12-9-13(5-6-14(12)21)16(22)17-7-8-20-10-18-19-15(20)11(2)3/h5-6,9-11,21H,4,7-8H2,1-3H3,(H,17,22). The Balaban J connectivity index is 1.94. The third-order valence-corrected chi connectivity index (χ3v) is 3.52. The van der Waals surface area contributed by atoms with E-state index in [1.807, 2.05) is 11.5 Å². The number of phenolic OH excluding ortho intramolecular Hbond substituents is 1. The van der Waals surface area contributed by atoms with Crippen LogP contribution in [0.2, 0.25) is 0 Å². The Labute approximate surface area is 130 Å². The Morgan fingerprint density at radius 2 is 2.18 bits per heavy atom. The molecule has 22 heavy (non-hydrogen) atoms. The minimum atomic E-state index is -0.145. The molecule has 1 aromatic heterocycles. The molecule has 0 radical (unpaired) electrons. The van der Waals surface area contributed by atoms with E-state index in [1.165, 1.54) is 0 Å². The summed E-state index contributed by atoms with van der Waals surface area (Å²) in [5, 5.41) is 20.5. The van der Waals surface area contributed by atoms with Crippen LogP contribution in [0.5, 0.6) is 5.75 Å². The maximum atomic E-state index is 12.1. The van der Waals surface area contributed by atoms with Crippen LogP contribution in [0.4, 0.5) is 0 Å². The number of phenols is 1. The van der Waals surface area contributed by atoms with E-state index in [-0.39, 0.29) is 11.7 Å². The Morgan fingerprint density at radius 1 is 1.41 bits per heavy atom. The lowest BCUT2D eigenvalue weighted by molar-refractivity contribution is 0.0952. The highest BCUT2D eigenvalue weighted by molar-refractivity contribution is 5.94. The molecule has 0 aliphatic heterocycles. The highest BCUT2D eigenvalue weighted by Gasteiger charge is 2.10. The fourth-order valence-electron chi connectivity index (χ4n) is 2.29. The van der Waals surface area contributed by atoms with Crippen molar-refractivity contribution in [2.24, 2.45) is 0 Å². The summed E-state index contributed by atoms with van der Waals surface area (Å²) in [4.78, 5) is 12.1. The lowest BCUT2D eigenvalue weighted by atomic mass is 10.1. The van der Waals surface area contributed by atoms with E-state index in [4.69, 9.17) is 0 Å². The van der Waals surface area contributed by atoms with Gasteiger partial charge in [-0.3, -0.25) is 4.79 Å². The molecule has 0 aliphatic rings. The van der Waals surface area contributed by atoms with Gasteiger partial charge >= 0.3 is 0 Å². The predicted molar refractivity (Wildman–Crippen MR) is 83.9 cm³/mol. The SMILES string of the molecule is CCc1cc(C(=O)NCCn2cnnc2C(C)C)ccc1O. The molecule has 2 aromatic rings. The number of carbonyl (C=O) groups excluding carboxylic acids is 1. The van der Waals surface area contributed by atoms with E-state index in [1.54, 1.807) is 24.5 Å². The Morgan fingerprint density at radius 3 is 2.86 bits per heavy atom. The van der Waals surface area contributed by atoms with E-state index in [2.05, 4.69) is 29.4 Å². The van der Waals surface area contributed by atoms with Crippen molar-refractivity contribution >= 4 is 5.91 Å². The Bertz CT molecular complexity index is 649. The van der Waals surface area contributed by atoms with Gasteiger partial charge in [-0.25, -0.2) is 0 Å². The van der Waals surface area contributed by atoms with Crippen LogP contribution in [-0.2, 0) is 13.0 Å². The van der Waals surface area contributed by atoms with Crippen LogP contribution >= 0.6 is 0 Å². The Kier molecular flexibility index (Phi) is 5.14. The number of hydrogen-bond acceptors (Lipinski definition) is 4. The van der Waals surface area contributed by atoms with Crippen molar-refractivity contribution in [3.63, 3.8) is 0 Å². The Hall–Kier alpha value is -2.37. The van der Waals surface area contributed by atoms with Gasteiger partial charge in [0.2, 0.25) is 0 Å². The molecule has 118 valence electrons. The number of aromatic hydroxyl groups is 1. The number of amides is 1. The van der Waals surface area contributed by atoms with Crippen molar-refractivity contribution in [1.82, 2.24) is 20.1 Å². The van der Waals surface area contributed by atoms with E-state index in [9.17, 15) is 9.90 Å². The van der Waals surface area contributed by atoms with Crippen LogP contribution in [-0.4, -0.2) is 32.3 Å². The molecule has 6 nitrogen and oxygen atoms in total. The molecule has 0 atom stereocenters. The van der Waals surface area contributed by atoms with Crippen molar-refractivity contribution in [1.29, 1.82) is 0 Å². The maximum Gasteiger partial charge on any atom is 0.251 e. The van der Waals surface area contributed by atoms with Crippen LogP contribution in [0.25, 0.3) is 0 Å². The number of hydrogen-bond donors (Lipinski definition) is 2. The van der Waals surface area contributed by atoms with Gasteiger partial charge in [0.05, 0.1) is 0 Å². The third-order valence-electron chi connectivity index (χ3n) is 3.52. The van der Waals surface area contributed by atoms with Crippen molar-refractivity contribution < 1.29 is 9.90 Å². The summed E-state index contributed by atoms with van der Waals surface area (Å²) in [7, 11) is 0. The molecule has 0 spiro atoms. The molecule has 2 rings (SSSR count). The van der Waals surface area contributed by atoms with Gasteiger partial charge in [-0.1, -0.05) is 20.8 Å². The molecule has 1 heterocycles. The van der Waals surface area contributed by atoms with Gasteiger partial charge in [-0.05, 0) is 30.2 Å². The summed E-state index contributed by atoms with van der Waals surface area (Å²) in [6, 6.07) is 4.91. The van der Waals surface area contributed by atoms with Crippen LogP contribution < -0.4 is 5.32 Å². The van der Waals surface area contributed by atoms with E-state index in [0.717, 1.165) is 11.4 Å². The van der Waals surface area contributed by atoms with E-state index >= 15 is 0 Å². The molecular formula is C16H22N4O2. The number of benzene rings is 1. The molecule has 2 N–H and O–H groups in total. The quantitative estimate of drug-likeness (QED) is 0.856. The predicted octanol–water partition coefficient (Wildman–Crippen LogP) is 2.10. The van der Waals surface area contributed by atoms with Crippen LogP contribution in [0, 0.1) is 0 Å². The first-order chi connectivity index (χ1) is 10.5. The van der Waals surface area contributed by atoms with Gasteiger partial charge in [0, 0.05) is 24.6 Å². The first-order valence-electron chi connectivity index (χ1n) is 7.50. The topological polar surface area (TPSA) is 80.0 Å². The third kappa shape index (κ3) is 3.63. The highest BCUT2D eigenvalue weighted by Crippen LogP contribution is 2.18. The van der Waals surface area contributed by atoms with Crippen molar-refractivity contribution in [3.8, 4) is 5.75 Å². The largest absolute Gasteiger partial charge is 0.508 e. The van der Waals surface area contributed by atoms with Crippen molar-refractivity contribution in [3.05, 3.63) is 41.5 Å². The van der Waals surface area contributed by atoms with Crippen LogP contribution in [0.1, 0.15) is 48.4 Å². The summed E-state index contributed by atoms with van der Waals surface area (Å²) >= 11 is 0. The monoisotopic (exact) mass is 302 g/mol. The lowest BCUT2D eigenvalue weighted by Gasteiger charge is -2.10. The molecule has 0 saturated heterocycles. The summed E-state index contributed by atoms with van der Waals surface area (Å²) in [5.41, 5.74) is 1.33. The van der Waals surface area contributed by atoms with Crippen LogP contribution in [0.15, 0.2) is 24.5 Å². The number of nitrogens with zero attached hydrogens (tertiary/aromatic N) is 3. The fourth-order valence-corrected chi connectivity index (χ4v) is 2.29. The van der Waals surface area contributed by atoms with Gasteiger partial charge in [0.15, 0.2) is 0 Å². The molecule has 1 amide bonds. The number of carbonyl (C=O) groups is 1. The average molecular weight is 302 g/mol. The molecular weight excluding hydrogens is 280 g/mol. The minimum absolute atomic E-state index is 0.145. The zero-order valence-electron chi connectivity index (χ0n) is 13.2. The first kappa shape index (κ1) is 16.0. The molecule has 0 unspecified atom stereocenters. The van der Waals surface area contributed by atoms with E-state index in [0.29, 0.717) is 31.0 Å². The zero-order valence-corrected chi connectivity index (χ0v) is 13.2.